The lowest BCUT2D eigenvalue weighted by Crippen LogP contribution is -2.32. The molecule has 0 aliphatic carbocycles. The van der Waals surface area contributed by atoms with Gasteiger partial charge in [0, 0.05) is 4.90 Å². The first-order valence-corrected chi connectivity index (χ1v) is 9.86. The number of rotatable bonds is 10. The molecule has 0 atom stereocenters. The van der Waals surface area contributed by atoms with Crippen molar-refractivity contribution in [3.63, 3.8) is 0 Å². The summed E-state index contributed by atoms with van der Waals surface area (Å²) in [5, 5.41) is 2.65. The molecule has 1 amide bonds. The van der Waals surface area contributed by atoms with Crippen LogP contribution >= 0.6 is 11.8 Å². The quantitative estimate of drug-likeness (QED) is 0.373. The Labute approximate surface area is 169 Å². The Kier molecular flexibility index (Phi) is 8.68. The lowest BCUT2D eigenvalue weighted by atomic mass is 10.2. The average Bonchev–Trinajstić information content (AvgIpc) is 2.70. The van der Waals surface area contributed by atoms with E-state index in [0.717, 1.165) is 16.0 Å². The standard InChI is InChI=1S/C21H25NO5S/c1-15-8-9-16(2)19(12-15)28-14-21(24)27-13-20(23)22-10-11-26-18-7-5-4-6-17(18)25-3/h4-9,12H,10-11,13-14H2,1-3H3,(H,22,23). The van der Waals surface area contributed by atoms with Crippen LogP contribution in [-0.4, -0.2) is 44.5 Å². The molecule has 0 spiro atoms. The first-order chi connectivity index (χ1) is 13.5. The molecule has 1 N–H and O–H groups in total. The van der Waals surface area contributed by atoms with E-state index in [1.165, 1.54) is 11.8 Å². The van der Waals surface area contributed by atoms with Gasteiger partial charge in [0.25, 0.3) is 5.91 Å². The van der Waals surface area contributed by atoms with Crippen LogP contribution in [0, 0.1) is 13.8 Å². The van der Waals surface area contributed by atoms with Gasteiger partial charge in [-0.25, -0.2) is 0 Å². The molecule has 2 aromatic carbocycles. The number of hydrogen-bond donors (Lipinski definition) is 1. The van der Waals surface area contributed by atoms with Gasteiger partial charge in [-0.2, -0.15) is 0 Å². The fourth-order valence-corrected chi connectivity index (χ4v) is 3.25. The molecule has 28 heavy (non-hydrogen) atoms. The first-order valence-electron chi connectivity index (χ1n) is 8.88. The van der Waals surface area contributed by atoms with Crippen molar-refractivity contribution in [2.24, 2.45) is 0 Å². The van der Waals surface area contributed by atoms with Crippen LogP contribution in [0.15, 0.2) is 47.4 Å². The molecule has 6 nitrogen and oxygen atoms in total. The van der Waals surface area contributed by atoms with Gasteiger partial charge in [-0.05, 0) is 37.6 Å². The predicted octanol–water partition coefficient (Wildman–Crippen LogP) is 3.14. The molecule has 7 heteroatoms. The lowest BCUT2D eigenvalue weighted by Gasteiger charge is -2.11. The Balaban J connectivity index is 1.62. The van der Waals surface area contributed by atoms with Gasteiger partial charge in [-0.1, -0.05) is 29.8 Å². The molecule has 0 aromatic heterocycles. The molecule has 0 bridgehead atoms. The van der Waals surface area contributed by atoms with Crippen LogP contribution in [0.25, 0.3) is 0 Å². The van der Waals surface area contributed by atoms with E-state index in [2.05, 4.69) is 5.32 Å². The van der Waals surface area contributed by atoms with Crippen molar-refractivity contribution in [2.45, 2.75) is 18.7 Å². The zero-order valence-electron chi connectivity index (χ0n) is 16.3. The zero-order chi connectivity index (χ0) is 20.4. The van der Waals surface area contributed by atoms with Gasteiger partial charge >= 0.3 is 5.97 Å². The fraction of sp³-hybridized carbons (Fsp3) is 0.333. The summed E-state index contributed by atoms with van der Waals surface area (Å²) in [4.78, 5) is 24.7. The minimum atomic E-state index is -0.425. The lowest BCUT2D eigenvalue weighted by molar-refractivity contribution is -0.145. The summed E-state index contributed by atoms with van der Waals surface area (Å²) in [6.07, 6.45) is 0. The van der Waals surface area contributed by atoms with Crippen molar-refractivity contribution in [2.75, 3.05) is 32.6 Å². The van der Waals surface area contributed by atoms with Gasteiger partial charge in [0.05, 0.1) is 19.4 Å². The normalized spacial score (nSPS) is 10.2. The third-order valence-electron chi connectivity index (χ3n) is 3.80. The number of amides is 1. The van der Waals surface area contributed by atoms with Crippen LogP contribution in [-0.2, 0) is 14.3 Å². The van der Waals surface area contributed by atoms with Gasteiger partial charge in [0.15, 0.2) is 18.1 Å². The number of ether oxygens (including phenoxy) is 3. The third-order valence-corrected chi connectivity index (χ3v) is 4.94. The second-order valence-corrected chi connectivity index (χ2v) is 7.08. The second-order valence-electron chi connectivity index (χ2n) is 6.07. The number of hydrogen-bond acceptors (Lipinski definition) is 6. The van der Waals surface area contributed by atoms with Crippen LogP contribution in [0.4, 0.5) is 0 Å². The van der Waals surface area contributed by atoms with Crippen molar-refractivity contribution < 1.29 is 23.8 Å². The first kappa shape index (κ1) is 21.6. The number of nitrogens with one attached hydrogen (secondary N) is 1. The summed E-state index contributed by atoms with van der Waals surface area (Å²) in [5.41, 5.74) is 2.24. The van der Waals surface area contributed by atoms with E-state index in [1.54, 1.807) is 19.2 Å². The monoisotopic (exact) mass is 403 g/mol. The number of benzene rings is 2. The highest BCUT2D eigenvalue weighted by atomic mass is 32.2. The van der Waals surface area contributed by atoms with E-state index >= 15 is 0 Å². The number of thioether (sulfide) groups is 1. The maximum atomic E-state index is 11.8. The molecule has 2 aromatic rings. The number of carbonyl (C=O) groups is 2. The maximum absolute atomic E-state index is 11.8. The van der Waals surface area contributed by atoms with Crippen LogP contribution in [0.3, 0.4) is 0 Å². The van der Waals surface area contributed by atoms with Crippen molar-refractivity contribution in [3.05, 3.63) is 53.6 Å². The van der Waals surface area contributed by atoms with Crippen LogP contribution in [0.5, 0.6) is 11.5 Å². The van der Waals surface area contributed by atoms with Gasteiger partial charge in [0.2, 0.25) is 0 Å². The van der Waals surface area contributed by atoms with Crippen molar-refractivity contribution in [1.29, 1.82) is 0 Å². The summed E-state index contributed by atoms with van der Waals surface area (Å²) < 4.78 is 15.8. The van der Waals surface area contributed by atoms with Crippen LogP contribution in [0.2, 0.25) is 0 Å². The third kappa shape index (κ3) is 7.15. The van der Waals surface area contributed by atoms with E-state index < -0.39 is 5.97 Å². The summed E-state index contributed by atoms with van der Waals surface area (Å²) >= 11 is 1.41. The summed E-state index contributed by atoms with van der Waals surface area (Å²) in [7, 11) is 1.57. The number of carbonyl (C=O) groups excluding carboxylic acids is 2. The van der Waals surface area contributed by atoms with E-state index in [4.69, 9.17) is 14.2 Å². The topological polar surface area (TPSA) is 73.9 Å². The van der Waals surface area contributed by atoms with Crippen LogP contribution in [0.1, 0.15) is 11.1 Å². The zero-order valence-corrected chi connectivity index (χ0v) is 17.1. The minimum Gasteiger partial charge on any atom is -0.493 e. The van der Waals surface area contributed by atoms with Gasteiger partial charge < -0.3 is 19.5 Å². The highest BCUT2D eigenvalue weighted by molar-refractivity contribution is 8.00. The maximum Gasteiger partial charge on any atom is 0.316 e. The smallest absolute Gasteiger partial charge is 0.316 e. The molecular formula is C21H25NO5S. The molecular weight excluding hydrogens is 378 g/mol. The highest BCUT2D eigenvalue weighted by Gasteiger charge is 2.10. The highest BCUT2D eigenvalue weighted by Crippen LogP contribution is 2.25. The Hall–Kier alpha value is -2.67. The Morgan fingerprint density at radius 1 is 1.07 bits per heavy atom. The molecule has 0 radical (unpaired) electrons. The molecule has 0 saturated carbocycles. The SMILES string of the molecule is COc1ccccc1OCCNC(=O)COC(=O)CSc1cc(C)ccc1C. The molecule has 0 saturated heterocycles. The number of para-hydroxylation sites is 2. The molecule has 0 heterocycles. The summed E-state index contributed by atoms with van der Waals surface area (Å²) in [6, 6.07) is 13.3. The molecule has 0 aliphatic rings. The van der Waals surface area contributed by atoms with E-state index in [1.807, 2.05) is 44.2 Å². The molecule has 2 rings (SSSR count). The fourth-order valence-electron chi connectivity index (χ4n) is 2.33. The van der Waals surface area contributed by atoms with Gasteiger partial charge in [0.1, 0.15) is 6.61 Å². The second kappa shape index (κ2) is 11.2. The Morgan fingerprint density at radius 3 is 2.57 bits per heavy atom. The van der Waals surface area contributed by atoms with Crippen molar-refractivity contribution in [1.82, 2.24) is 5.32 Å². The average molecular weight is 404 g/mol. The number of esters is 1. The summed E-state index contributed by atoms with van der Waals surface area (Å²) in [5.74, 6) is 0.604. The van der Waals surface area contributed by atoms with Crippen LogP contribution < -0.4 is 14.8 Å². The molecule has 150 valence electrons. The van der Waals surface area contributed by atoms with Gasteiger partial charge in [-0.15, -0.1) is 11.8 Å². The van der Waals surface area contributed by atoms with Crippen molar-refractivity contribution in [3.8, 4) is 11.5 Å². The number of aryl methyl sites for hydroxylation is 2. The van der Waals surface area contributed by atoms with Crippen molar-refractivity contribution >= 4 is 23.6 Å². The largest absolute Gasteiger partial charge is 0.493 e. The van der Waals surface area contributed by atoms with Gasteiger partial charge in [-0.3, -0.25) is 9.59 Å². The molecule has 0 unspecified atom stereocenters. The minimum absolute atomic E-state index is 0.161. The predicted molar refractivity (Wildman–Crippen MR) is 109 cm³/mol. The molecule has 0 aliphatic heterocycles. The Bertz CT molecular complexity index is 809. The molecule has 0 fully saturated rings. The van der Waals surface area contributed by atoms with E-state index in [-0.39, 0.29) is 24.9 Å². The Morgan fingerprint density at radius 2 is 1.82 bits per heavy atom. The van der Waals surface area contributed by atoms with E-state index in [9.17, 15) is 9.59 Å². The summed E-state index contributed by atoms with van der Waals surface area (Å²) in [6.45, 7) is 4.27. The van der Waals surface area contributed by atoms with E-state index in [0.29, 0.717) is 18.0 Å². The number of methoxy groups -OCH3 is 1.